The molecule has 1 amide bonds. The molecular weight excluding hydrogens is 208 g/mol. The number of carbonyl (C=O) groups is 2. The Balaban J connectivity index is 2.05. The Labute approximate surface area is 90.7 Å². The van der Waals surface area contributed by atoms with Crippen LogP contribution in [0.4, 0.5) is 5.69 Å². The van der Waals surface area contributed by atoms with E-state index in [1.165, 1.54) is 11.3 Å². The van der Waals surface area contributed by atoms with Crippen molar-refractivity contribution in [1.82, 2.24) is 4.98 Å². The molecule has 0 unspecified atom stereocenters. The van der Waals surface area contributed by atoms with Crippen LogP contribution in [0.2, 0.25) is 0 Å². The maximum Gasteiger partial charge on any atom is 0.234 e. The van der Waals surface area contributed by atoms with Gasteiger partial charge in [-0.25, -0.2) is 4.98 Å². The lowest BCUT2D eigenvalue weighted by molar-refractivity contribution is -0.121. The van der Waals surface area contributed by atoms with E-state index in [1.807, 2.05) is 0 Å². The number of hydrogen-bond donors (Lipinski definition) is 0. The average molecular weight is 216 g/mol. The van der Waals surface area contributed by atoms with Gasteiger partial charge in [0.05, 0.1) is 13.0 Å². The molecule has 0 spiro atoms. The smallest absolute Gasteiger partial charge is 0.234 e. The molecule has 3 rings (SSSR count). The largest absolute Gasteiger partial charge is 0.443 e. The predicted molar refractivity (Wildman–Crippen MR) is 56.0 cm³/mol. The Morgan fingerprint density at radius 2 is 2.19 bits per heavy atom. The number of nitrogens with zero attached hydrogens (tertiary/aromatic N) is 2. The van der Waals surface area contributed by atoms with Crippen LogP contribution in [-0.2, 0) is 9.59 Å². The van der Waals surface area contributed by atoms with Crippen LogP contribution < -0.4 is 4.90 Å². The van der Waals surface area contributed by atoms with Gasteiger partial charge in [-0.05, 0) is 12.1 Å². The fourth-order valence-corrected chi connectivity index (χ4v) is 1.83. The number of Topliss-reactive ketones (excluding diaryl/α,β-unsaturated/α-hetero) is 1. The van der Waals surface area contributed by atoms with Gasteiger partial charge in [0.1, 0.15) is 5.52 Å². The number of rotatable bonds is 1. The first-order valence-corrected chi connectivity index (χ1v) is 4.89. The summed E-state index contributed by atoms with van der Waals surface area (Å²) in [6, 6.07) is 5.25. The molecule has 1 aliphatic rings. The molecule has 1 saturated heterocycles. The maximum absolute atomic E-state index is 11.5. The summed E-state index contributed by atoms with van der Waals surface area (Å²) in [5.41, 5.74) is 2.03. The van der Waals surface area contributed by atoms with E-state index in [-0.39, 0.29) is 24.7 Å². The number of oxazole rings is 1. The molecular formula is C11H8N2O3. The Kier molecular flexibility index (Phi) is 1.80. The lowest BCUT2D eigenvalue weighted by atomic mass is 10.2. The number of hydrogen-bond acceptors (Lipinski definition) is 4. The standard InChI is InChI=1S/C11H8N2O3/c14-8-4-11(15)13(5-8)7-1-2-9-10(3-7)16-6-12-9/h1-3,6H,4-5H2. The van der Waals surface area contributed by atoms with Gasteiger partial charge < -0.3 is 9.32 Å². The highest BCUT2D eigenvalue weighted by Crippen LogP contribution is 2.24. The summed E-state index contributed by atoms with van der Waals surface area (Å²) in [6.07, 6.45) is 1.35. The van der Waals surface area contributed by atoms with Crippen molar-refractivity contribution in [3.05, 3.63) is 24.6 Å². The highest BCUT2D eigenvalue weighted by atomic mass is 16.3. The summed E-state index contributed by atoms with van der Waals surface area (Å²) in [5, 5.41) is 0. The van der Waals surface area contributed by atoms with Crippen molar-refractivity contribution in [1.29, 1.82) is 0 Å². The van der Waals surface area contributed by atoms with Crippen LogP contribution >= 0.6 is 0 Å². The molecule has 2 heterocycles. The molecule has 1 aromatic heterocycles. The lowest BCUT2D eigenvalue weighted by Crippen LogP contribution is -2.24. The van der Waals surface area contributed by atoms with Crippen molar-refractivity contribution in [3.8, 4) is 0 Å². The topological polar surface area (TPSA) is 63.4 Å². The summed E-state index contributed by atoms with van der Waals surface area (Å²) in [7, 11) is 0. The monoisotopic (exact) mass is 216 g/mol. The molecule has 1 aliphatic heterocycles. The van der Waals surface area contributed by atoms with E-state index >= 15 is 0 Å². The molecule has 5 heteroatoms. The zero-order valence-corrected chi connectivity index (χ0v) is 8.34. The van der Waals surface area contributed by atoms with Crippen LogP contribution in [0.3, 0.4) is 0 Å². The second kappa shape index (κ2) is 3.16. The van der Waals surface area contributed by atoms with Crippen molar-refractivity contribution in [2.45, 2.75) is 6.42 Å². The fourth-order valence-electron chi connectivity index (χ4n) is 1.83. The Bertz CT molecular complexity index is 588. The van der Waals surface area contributed by atoms with E-state index in [1.54, 1.807) is 18.2 Å². The maximum atomic E-state index is 11.5. The van der Waals surface area contributed by atoms with Gasteiger partial charge in [0.25, 0.3) is 0 Å². The van der Waals surface area contributed by atoms with Gasteiger partial charge in [-0.3, -0.25) is 9.59 Å². The molecule has 16 heavy (non-hydrogen) atoms. The molecule has 5 nitrogen and oxygen atoms in total. The molecule has 2 aromatic rings. The van der Waals surface area contributed by atoms with E-state index in [9.17, 15) is 9.59 Å². The zero-order chi connectivity index (χ0) is 11.1. The van der Waals surface area contributed by atoms with Crippen molar-refractivity contribution < 1.29 is 14.0 Å². The van der Waals surface area contributed by atoms with Crippen molar-refractivity contribution in [3.63, 3.8) is 0 Å². The SMILES string of the molecule is O=C1CC(=O)N(c2ccc3ncoc3c2)C1. The molecule has 0 saturated carbocycles. The Hall–Kier alpha value is -2.17. The highest BCUT2D eigenvalue weighted by molar-refractivity contribution is 6.15. The third-order valence-electron chi connectivity index (χ3n) is 2.61. The number of anilines is 1. The van der Waals surface area contributed by atoms with Crippen LogP contribution in [0.15, 0.2) is 29.0 Å². The van der Waals surface area contributed by atoms with Gasteiger partial charge in [0.2, 0.25) is 5.91 Å². The van der Waals surface area contributed by atoms with Gasteiger partial charge in [-0.1, -0.05) is 0 Å². The van der Waals surface area contributed by atoms with Gasteiger partial charge in [-0.15, -0.1) is 0 Å². The second-order valence-electron chi connectivity index (χ2n) is 3.70. The normalized spacial score (nSPS) is 16.4. The van der Waals surface area contributed by atoms with Gasteiger partial charge in [0.15, 0.2) is 17.8 Å². The Morgan fingerprint density at radius 3 is 2.94 bits per heavy atom. The first kappa shape index (κ1) is 9.08. The second-order valence-corrected chi connectivity index (χ2v) is 3.70. The molecule has 0 N–H and O–H groups in total. The highest BCUT2D eigenvalue weighted by Gasteiger charge is 2.28. The fraction of sp³-hybridized carbons (Fsp3) is 0.182. The van der Waals surface area contributed by atoms with E-state index in [2.05, 4.69) is 4.98 Å². The summed E-state index contributed by atoms with van der Waals surface area (Å²) < 4.78 is 5.15. The number of amides is 1. The van der Waals surface area contributed by atoms with E-state index in [4.69, 9.17) is 4.42 Å². The van der Waals surface area contributed by atoms with Crippen LogP contribution in [-0.4, -0.2) is 23.2 Å². The number of ketones is 1. The minimum absolute atomic E-state index is 0.00551. The molecule has 0 radical (unpaired) electrons. The minimum Gasteiger partial charge on any atom is -0.443 e. The molecule has 0 aliphatic carbocycles. The number of aromatic nitrogens is 1. The first-order chi connectivity index (χ1) is 7.74. The van der Waals surface area contributed by atoms with E-state index in [0.29, 0.717) is 11.3 Å². The van der Waals surface area contributed by atoms with Gasteiger partial charge >= 0.3 is 0 Å². The predicted octanol–water partition coefficient (Wildman–Crippen LogP) is 1.13. The summed E-state index contributed by atoms with van der Waals surface area (Å²) in [5.74, 6) is -0.216. The Morgan fingerprint density at radius 1 is 1.31 bits per heavy atom. The third kappa shape index (κ3) is 1.29. The van der Waals surface area contributed by atoms with Crippen molar-refractivity contribution >= 4 is 28.5 Å². The van der Waals surface area contributed by atoms with Crippen LogP contribution in [0.25, 0.3) is 11.1 Å². The molecule has 0 bridgehead atoms. The van der Waals surface area contributed by atoms with Crippen LogP contribution in [0.5, 0.6) is 0 Å². The summed E-state index contributed by atoms with van der Waals surface area (Å²) in [4.78, 5) is 28.1. The van der Waals surface area contributed by atoms with Crippen molar-refractivity contribution in [2.75, 3.05) is 11.4 Å². The zero-order valence-electron chi connectivity index (χ0n) is 8.34. The third-order valence-corrected chi connectivity index (χ3v) is 2.61. The number of benzene rings is 1. The lowest BCUT2D eigenvalue weighted by Gasteiger charge is -2.13. The average Bonchev–Trinajstić information content (AvgIpc) is 2.83. The quantitative estimate of drug-likeness (QED) is 0.670. The first-order valence-electron chi connectivity index (χ1n) is 4.89. The van der Waals surface area contributed by atoms with Crippen LogP contribution in [0, 0.1) is 0 Å². The van der Waals surface area contributed by atoms with Crippen LogP contribution in [0.1, 0.15) is 6.42 Å². The molecule has 1 fully saturated rings. The van der Waals surface area contributed by atoms with Gasteiger partial charge in [-0.2, -0.15) is 0 Å². The van der Waals surface area contributed by atoms with Gasteiger partial charge in [0, 0.05) is 11.8 Å². The summed E-state index contributed by atoms with van der Waals surface area (Å²) in [6.45, 7) is 0.151. The molecule has 0 atom stereocenters. The van der Waals surface area contributed by atoms with E-state index in [0.717, 1.165) is 5.52 Å². The van der Waals surface area contributed by atoms with E-state index < -0.39 is 0 Å². The number of carbonyl (C=O) groups excluding carboxylic acids is 2. The molecule has 1 aromatic carbocycles. The van der Waals surface area contributed by atoms with Crippen molar-refractivity contribution in [2.24, 2.45) is 0 Å². The molecule has 80 valence electrons. The number of fused-ring (bicyclic) bond motifs is 1. The summed E-state index contributed by atoms with van der Waals surface area (Å²) >= 11 is 0. The minimum atomic E-state index is -0.163.